The second-order valence-corrected chi connectivity index (χ2v) is 11.6. The van der Waals surface area contributed by atoms with Crippen molar-refractivity contribution < 1.29 is 0 Å². The lowest BCUT2D eigenvalue weighted by molar-refractivity contribution is 1.25. The van der Waals surface area contributed by atoms with Crippen molar-refractivity contribution in [1.29, 1.82) is 0 Å². The maximum atomic E-state index is 4.66. The molecule has 0 fully saturated rings. The molecule has 2 aromatic heterocycles. The number of benzene rings is 6. The van der Waals surface area contributed by atoms with E-state index in [2.05, 4.69) is 156 Å². The summed E-state index contributed by atoms with van der Waals surface area (Å²) in [7, 11) is 0. The smallest absolute Gasteiger partial charge is 0.0705 e. The number of aryl methyl sites for hydroxylation is 2. The number of rotatable bonds is 4. The molecule has 8 aromatic rings. The number of hydrogen-bond donors (Lipinski definition) is 0. The Labute approximate surface area is 256 Å². The maximum absolute atomic E-state index is 4.66. The highest BCUT2D eigenvalue weighted by Crippen LogP contribution is 2.37. The fourth-order valence-corrected chi connectivity index (χ4v) is 6.35. The van der Waals surface area contributed by atoms with Crippen LogP contribution in [0, 0.1) is 13.8 Å². The summed E-state index contributed by atoms with van der Waals surface area (Å²) in [6.07, 6.45) is 8.94. The topological polar surface area (TPSA) is 25.8 Å². The standard InChI is InChI=1S/C42H30N2/c1-27-11-17-33-23-29(15-21-41(33)43-27)13-19-31-25-39-38-10-6-4-8-36(38)32(26-40(39)37-9-5-3-7-35(31)37)20-14-30-16-22-42-34(24-30)18-12-28(2)44-42/h3-26H,1-2H3/b19-13+,20-14+. The average Bonchev–Trinajstić information content (AvgIpc) is 3.06. The monoisotopic (exact) mass is 562 g/mol. The summed E-state index contributed by atoms with van der Waals surface area (Å²) in [5.74, 6) is 0. The van der Waals surface area contributed by atoms with Gasteiger partial charge in [0.25, 0.3) is 0 Å². The van der Waals surface area contributed by atoms with Crippen LogP contribution in [0.15, 0.2) is 121 Å². The fourth-order valence-electron chi connectivity index (χ4n) is 6.35. The van der Waals surface area contributed by atoms with Gasteiger partial charge in [0.15, 0.2) is 0 Å². The van der Waals surface area contributed by atoms with Crippen LogP contribution >= 0.6 is 0 Å². The number of pyridine rings is 2. The Hall–Kier alpha value is -5.60. The van der Waals surface area contributed by atoms with E-state index in [9.17, 15) is 0 Å². The predicted molar refractivity (Wildman–Crippen MR) is 190 cm³/mol. The number of fused-ring (bicyclic) bond motifs is 7. The Kier molecular flexibility index (Phi) is 6.27. The Morgan fingerprint density at radius 3 is 1.27 bits per heavy atom. The number of aromatic nitrogens is 2. The summed E-state index contributed by atoms with van der Waals surface area (Å²) in [6, 6.07) is 43.6. The van der Waals surface area contributed by atoms with Crippen molar-refractivity contribution in [2.24, 2.45) is 0 Å². The summed E-state index contributed by atoms with van der Waals surface area (Å²) >= 11 is 0. The predicted octanol–water partition coefficient (Wildman–Crippen LogP) is 11.2. The van der Waals surface area contributed by atoms with Gasteiger partial charge in [0.2, 0.25) is 0 Å². The SMILES string of the molecule is Cc1ccc2cc(/C=C/c3cc4c5ccccc5c(/C=C/c5ccc6nc(C)ccc6c5)cc4c4ccccc34)ccc2n1. The summed E-state index contributed by atoms with van der Waals surface area (Å²) in [6.45, 7) is 4.06. The molecule has 0 saturated heterocycles. The third-order valence-corrected chi connectivity index (χ3v) is 8.56. The van der Waals surface area contributed by atoms with E-state index in [1.165, 1.54) is 43.4 Å². The van der Waals surface area contributed by atoms with E-state index >= 15 is 0 Å². The van der Waals surface area contributed by atoms with E-state index in [-0.39, 0.29) is 0 Å². The molecule has 0 amide bonds. The normalized spacial score (nSPS) is 12.1. The first-order valence-electron chi connectivity index (χ1n) is 15.1. The zero-order valence-electron chi connectivity index (χ0n) is 24.8. The first kappa shape index (κ1) is 26.1. The number of hydrogen-bond acceptors (Lipinski definition) is 2. The molecule has 2 nitrogen and oxygen atoms in total. The maximum Gasteiger partial charge on any atom is 0.0705 e. The molecule has 0 spiro atoms. The fraction of sp³-hybridized carbons (Fsp3) is 0.0476. The first-order valence-corrected chi connectivity index (χ1v) is 15.1. The van der Waals surface area contributed by atoms with Gasteiger partial charge in [-0.3, -0.25) is 9.97 Å². The molecule has 208 valence electrons. The van der Waals surface area contributed by atoms with Crippen LogP contribution in [0.5, 0.6) is 0 Å². The molecule has 0 atom stereocenters. The first-order chi connectivity index (χ1) is 21.6. The molecule has 0 aliphatic rings. The molecule has 0 radical (unpaired) electrons. The third-order valence-electron chi connectivity index (χ3n) is 8.56. The average molecular weight is 563 g/mol. The van der Waals surface area contributed by atoms with Crippen molar-refractivity contribution in [3.05, 3.63) is 155 Å². The van der Waals surface area contributed by atoms with Gasteiger partial charge in [-0.1, -0.05) is 97.1 Å². The van der Waals surface area contributed by atoms with Gasteiger partial charge < -0.3 is 0 Å². The molecule has 0 aliphatic heterocycles. The van der Waals surface area contributed by atoms with Crippen molar-refractivity contribution in [3.8, 4) is 0 Å². The Bertz CT molecular complexity index is 2290. The number of nitrogens with zero attached hydrogens (tertiary/aromatic N) is 2. The molecule has 6 aromatic carbocycles. The highest BCUT2D eigenvalue weighted by Gasteiger charge is 2.11. The molecular formula is C42H30N2. The van der Waals surface area contributed by atoms with E-state index in [0.717, 1.165) is 44.3 Å². The van der Waals surface area contributed by atoms with Crippen molar-refractivity contribution in [2.75, 3.05) is 0 Å². The Morgan fingerprint density at radius 1 is 0.386 bits per heavy atom. The second-order valence-electron chi connectivity index (χ2n) is 11.6. The van der Waals surface area contributed by atoms with Crippen molar-refractivity contribution in [1.82, 2.24) is 9.97 Å². The molecule has 0 saturated carbocycles. The summed E-state index contributed by atoms with van der Waals surface area (Å²) < 4.78 is 0. The van der Waals surface area contributed by atoms with Gasteiger partial charge >= 0.3 is 0 Å². The molecule has 0 bridgehead atoms. The lowest BCUT2D eigenvalue weighted by Gasteiger charge is -2.13. The summed E-state index contributed by atoms with van der Waals surface area (Å²) in [5, 5.41) is 9.86. The van der Waals surface area contributed by atoms with Crippen molar-refractivity contribution in [2.45, 2.75) is 13.8 Å². The molecule has 44 heavy (non-hydrogen) atoms. The van der Waals surface area contributed by atoms with E-state index in [1.807, 2.05) is 13.8 Å². The lowest BCUT2D eigenvalue weighted by Crippen LogP contribution is -1.88. The van der Waals surface area contributed by atoms with Crippen LogP contribution in [-0.2, 0) is 0 Å². The molecule has 0 unspecified atom stereocenters. The van der Waals surface area contributed by atoms with Crippen LogP contribution in [0.3, 0.4) is 0 Å². The van der Waals surface area contributed by atoms with Crippen LogP contribution in [0.25, 0.3) is 78.4 Å². The minimum absolute atomic E-state index is 1.03. The van der Waals surface area contributed by atoms with Gasteiger partial charge in [0.05, 0.1) is 11.0 Å². The van der Waals surface area contributed by atoms with E-state index < -0.39 is 0 Å². The Balaban J connectivity index is 1.26. The highest BCUT2D eigenvalue weighted by atomic mass is 14.7. The minimum Gasteiger partial charge on any atom is -0.253 e. The van der Waals surface area contributed by atoms with Crippen LogP contribution in [0.4, 0.5) is 0 Å². The molecule has 2 heteroatoms. The van der Waals surface area contributed by atoms with Crippen LogP contribution in [-0.4, -0.2) is 9.97 Å². The zero-order chi connectivity index (χ0) is 29.6. The van der Waals surface area contributed by atoms with E-state index in [0.29, 0.717) is 0 Å². The molecule has 0 N–H and O–H groups in total. The Morgan fingerprint density at radius 2 is 0.818 bits per heavy atom. The van der Waals surface area contributed by atoms with E-state index in [4.69, 9.17) is 0 Å². The van der Waals surface area contributed by atoms with Gasteiger partial charge in [-0.2, -0.15) is 0 Å². The van der Waals surface area contributed by atoms with Gasteiger partial charge in [0, 0.05) is 22.2 Å². The van der Waals surface area contributed by atoms with E-state index in [1.54, 1.807) is 0 Å². The van der Waals surface area contributed by atoms with Gasteiger partial charge in [-0.25, -0.2) is 0 Å². The van der Waals surface area contributed by atoms with Crippen LogP contribution < -0.4 is 0 Å². The highest BCUT2D eigenvalue weighted by molar-refractivity contribution is 6.21. The lowest BCUT2D eigenvalue weighted by atomic mass is 9.90. The van der Waals surface area contributed by atoms with Gasteiger partial charge in [0.1, 0.15) is 0 Å². The van der Waals surface area contributed by atoms with Crippen LogP contribution in [0.2, 0.25) is 0 Å². The third kappa shape index (κ3) is 4.71. The largest absolute Gasteiger partial charge is 0.253 e. The molecule has 8 rings (SSSR count). The molecule has 0 aliphatic carbocycles. The minimum atomic E-state index is 1.03. The molecule has 2 heterocycles. The van der Waals surface area contributed by atoms with Crippen molar-refractivity contribution >= 4 is 78.4 Å². The quantitative estimate of drug-likeness (QED) is 0.157. The van der Waals surface area contributed by atoms with Crippen LogP contribution in [0.1, 0.15) is 33.6 Å². The second kappa shape index (κ2) is 10.6. The summed E-state index contributed by atoms with van der Waals surface area (Å²) in [5.41, 5.74) is 8.89. The van der Waals surface area contributed by atoms with Crippen molar-refractivity contribution in [3.63, 3.8) is 0 Å². The zero-order valence-corrected chi connectivity index (χ0v) is 24.8. The van der Waals surface area contributed by atoms with Gasteiger partial charge in [-0.05, 0) is 117 Å². The van der Waals surface area contributed by atoms with Gasteiger partial charge in [-0.15, -0.1) is 0 Å². The summed E-state index contributed by atoms with van der Waals surface area (Å²) in [4.78, 5) is 9.32. The molecular weight excluding hydrogens is 532 g/mol.